The number of nitrogen functional groups attached to an aromatic ring is 1. The number of aromatic nitrogens is 2. The van der Waals surface area contributed by atoms with Crippen LogP contribution in [0.5, 0.6) is 6.01 Å². The number of benzene rings is 1. The number of likely N-dealkylation sites (N-methyl/N-ethyl adjacent to an activating group) is 1. The number of fused-ring (bicyclic) bond motifs is 2. The molecule has 0 atom stereocenters. The van der Waals surface area contributed by atoms with Gasteiger partial charge >= 0.3 is 6.01 Å². The molecule has 2 N–H and O–H groups in total. The number of nitrogens with zero attached hydrogens (tertiary/aromatic N) is 3. The van der Waals surface area contributed by atoms with Crippen molar-refractivity contribution < 1.29 is 4.74 Å². The largest absolute Gasteiger partial charge is 0.463 e. The molecule has 4 rings (SSSR count). The quantitative estimate of drug-likeness (QED) is 0.743. The van der Waals surface area contributed by atoms with Crippen LogP contribution in [0.3, 0.4) is 0 Å². The van der Waals surface area contributed by atoms with E-state index in [1.165, 1.54) is 22.3 Å². The molecule has 2 aromatic rings. The van der Waals surface area contributed by atoms with Crippen molar-refractivity contribution in [2.75, 3.05) is 25.4 Å². The number of nitrogens with two attached hydrogens (primary N) is 1. The van der Waals surface area contributed by atoms with Gasteiger partial charge in [-0.25, -0.2) is 0 Å². The van der Waals surface area contributed by atoms with Crippen LogP contribution in [0.1, 0.15) is 54.6 Å². The van der Waals surface area contributed by atoms with Gasteiger partial charge in [-0.2, -0.15) is 9.97 Å². The number of hydrogen-bond acceptors (Lipinski definition) is 5. The van der Waals surface area contributed by atoms with E-state index in [1.807, 2.05) is 0 Å². The number of anilines is 1. The normalized spacial score (nSPS) is 15.9. The molecular weight excluding hydrogens is 348 g/mol. The van der Waals surface area contributed by atoms with Crippen LogP contribution >= 0.6 is 0 Å². The van der Waals surface area contributed by atoms with E-state index in [1.54, 1.807) is 0 Å². The molecule has 2 aliphatic rings. The summed E-state index contributed by atoms with van der Waals surface area (Å²) < 4.78 is 5.71. The number of ether oxygens (including phenoxy) is 1. The van der Waals surface area contributed by atoms with E-state index in [4.69, 9.17) is 10.5 Å². The monoisotopic (exact) mass is 378 g/mol. The lowest BCUT2D eigenvalue weighted by atomic mass is 9.94. The summed E-state index contributed by atoms with van der Waals surface area (Å²) in [7, 11) is 0. The maximum absolute atomic E-state index is 6.18. The van der Waals surface area contributed by atoms with Gasteiger partial charge in [0.25, 0.3) is 0 Å². The highest BCUT2D eigenvalue weighted by molar-refractivity contribution is 5.75. The van der Waals surface area contributed by atoms with E-state index in [0.717, 1.165) is 63.0 Å². The summed E-state index contributed by atoms with van der Waals surface area (Å²) in [5.74, 6) is 0.549. The molecule has 1 aliphatic heterocycles. The standard InChI is InChI=1S/C23H30N4O/c1-3-5-12-28-23-25-21-18(8-9-20(21)22(24)26-23)14-16-6-7-19-15-27(4-2)11-10-17(19)13-16/h6-8,13H,3-5,9-12,14-15H2,1-2H3,(H2,24,25,26). The van der Waals surface area contributed by atoms with Crippen molar-refractivity contribution in [2.45, 2.75) is 52.5 Å². The molecule has 0 radical (unpaired) electrons. The molecule has 0 spiro atoms. The van der Waals surface area contributed by atoms with Crippen LogP contribution in [0.25, 0.3) is 5.57 Å². The summed E-state index contributed by atoms with van der Waals surface area (Å²) in [5.41, 5.74) is 13.7. The second-order valence-corrected chi connectivity index (χ2v) is 7.75. The Hall–Kier alpha value is -2.40. The molecule has 0 unspecified atom stereocenters. The fourth-order valence-electron chi connectivity index (χ4n) is 4.06. The molecule has 0 fully saturated rings. The van der Waals surface area contributed by atoms with Gasteiger partial charge in [-0.15, -0.1) is 0 Å². The third kappa shape index (κ3) is 3.90. The van der Waals surface area contributed by atoms with Gasteiger partial charge in [0.1, 0.15) is 5.82 Å². The average Bonchev–Trinajstić information content (AvgIpc) is 3.11. The minimum atomic E-state index is 0.405. The minimum Gasteiger partial charge on any atom is -0.463 e. The molecule has 148 valence electrons. The first kappa shape index (κ1) is 18.9. The van der Waals surface area contributed by atoms with Gasteiger partial charge in [-0.3, -0.25) is 4.90 Å². The highest BCUT2D eigenvalue weighted by atomic mass is 16.5. The third-order valence-electron chi connectivity index (χ3n) is 5.81. The SMILES string of the molecule is CCCCOc1nc(N)c2c(n1)C(Cc1ccc3c(c1)CCN(CC)C3)=CC2. The molecule has 5 heteroatoms. The topological polar surface area (TPSA) is 64.3 Å². The summed E-state index contributed by atoms with van der Waals surface area (Å²) >= 11 is 0. The lowest BCUT2D eigenvalue weighted by Crippen LogP contribution is -2.30. The van der Waals surface area contributed by atoms with Crippen LogP contribution in [0.15, 0.2) is 24.3 Å². The zero-order valence-electron chi connectivity index (χ0n) is 17.0. The number of rotatable bonds is 7. The summed E-state index contributed by atoms with van der Waals surface area (Å²) in [6.07, 6.45) is 7.14. The molecule has 0 saturated carbocycles. The van der Waals surface area contributed by atoms with E-state index >= 15 is 0 Å². The number of unbranched alkanes of at least 4 members (excludes halogenated alkanes) is 1. The van der Waals surface area contributed by atoms with E-state index in [9.17, 15) is 0 Å². The first-order valence-corrected chi connectivity index (χ1v) is 10.5. The van der Waals surface area contributed by atoms with E-state index in [-0.39, 0.29) is 0 Å². The summed E-state index contributed by atoms with van der Waals surface area (Å²) in [5, 5.41) is 0. The number of hydrogen-bond donors (Lipinski definition) is 1. The smallest absolute Gasteiger partial charge is 0.318 e. The molecular formula is C23H30N4O. The van der Waals surface area contributed by atoms with Gasteiger partial charge in [0.2, 0.25) is 0 Å². The van der Waals surface area contributed by atoms with E-state index < -0.39 is 0 Å². The van der Waals surface area contributed by atoms with Crippen LogP contribution in [0.2, 0.25) is 0 Å². The lowest BCUT2D eigenvalue weighted by Gasteiger charge is -2.27. The molecule has 1 aromatic carbocycles. The Morgan fingerprint density at radius 2 is 2.07 bits per heavy atom. The van der Waals surface area contributed by atoms with Crippen molar-refractivity contribution in [3.05, 3.63) is 52.2 Å². The van der Waals surface area contributed by atoms with Crippen LogP contribution in [0, 0.1) is 0 Å². The maximum atomic E-state index is 6.18. The molecule has 0 bridgehead atoms. The van der Waals surface area contributed by atoms with Crippen molar-refractivity contribution in [3.63, 3.8) is 0 Å². The fourth-order valence-corrected chi connectivity index (χ4v) is 4.06. The first-order valence-electron chi connectivity index (χ1n) is 10.5. The third-order valence-corrected chi connectivity index (χ3v) is 5.81. The molecule has 1 aromatic heterocycles. The van der Waals surface area contributed by atoms with Crippen molar-refractivity contribution in [2.24, 2.45) is 0 Å². The van der Waals surface area contributed by atoms with E-state index in [2.05, 4.69) is 53.0 Å². The highest BCUT2D eigenvalue weighted by Crippen LogP contribution is 2.33. The average molecular weight is 379 g/mol. The van der Waals surface area contributed by atoms with E-state index in [0.29, 0.717) is 18.4 Å². The number of allylic oxidation sites excluding steroid dienone is 2. The van der Waals surface area contributed by atoms with Gasteiger partial charge in [0.15, 0.2) is 0 Å². The Morgan fingerprint density at radius 3 is 2.89 bits per heavy atom. The predicted octanol–water partition coefficient (Wildman–Crippen LogP) is 3.80. The second kappa shape index (κ2) is 8.31. The van der Waals surface area contributed by atoms with Crippen molar-refractivity contribution in [3.8, 4) is 6.01 Å². The maximum Gasteiger partial charge on any atom is 0.318 e. The predicted molar refractivity (Wildman–Crippen MR) is 113 cm³/mol. The van der Waals surface area contributed by atoms with Crippen LogP contribution in [-0.2, 0) is 25.8 Å². The zero-order chi connectivity index (χ0) is 19.5. The van der Waals surface area contributed by atoms with Crippen molar-refractivity contribution in [1.82, 2.24) is 14.9 Å². The second-order valence-electron chi connectivity index (χ2n) is 7.75. The summed E-state index contributed by atoms with van der Waals surface area (Å²) in [6.45, 7) is 8.35. The molecule has 0 saturated heterocycles. The van der Waals surface area contributed by atoms with Gasteiger partial charge < -0.3 is 10.5 Å². The summed E-state index contributed by atoms with van der Waals surface area (Å²) in [4.78, 5) is 11.5. The van der Waals surface area contributed by atoms with Crippen LogP contribution in [0.4, 0.5) is 5.82 Å². The molecule has 5 nitrogen and oxygen atoms in total. The molecule has 2 heterocycles. The van der Waals surface area contributed by atoms with Gasteiger partial charge in [0.05, 0.1) is 12.3 Å². The Kier molecular flexibility index (Phi) is 5.62. The minimum absolute atomic E-state index is 0.405. The van der Waals surface area contributed by atoms with Crippen molar-refractivity contribution in [1.29, 1.82) is 0 Å². The molecule has 1 aliphatic carbocycles. The van der Waals surface area contributed by atoms with Gasteiger partial charge in [-0.05, 0) is 54.5 Å². The molecule has 0 amide bonds. The van der Waals surface area contributed by atoms with Crippen molar-refractivity contribution >= 4 is 11.4 Å². The summed E-state index contributed by atoms with van der Waals surface area (Å²) in [6, 6.07) is 7.35. The lowest BCUT2D eigenvalue weighted by molar-refractivity contribution is 0.268. The van der Waals surface area contributed by atoms with Crippen LogP contribution in [-0.4, -0.2) is 34.6 Å². The van der Waals surface area contributed by atoms with Gasteiger partial charge in [-0.1, -0.05) is 44.5 Å². The highest BCUT2D eigenvalue weighted by Gasteiger charge is 2.22. The van der Waals surface area contributed by atoms with Gasteiger partial charge in [0, 0.05) is 18.7 Å². The Balaban J connectivity index is 1.52. The van der Waals surface area contributed by atoms with Crippen LogP contribution < -0.4 is 10.5 Å². The first-order chi connectivity index (χ1) is 13.7. The zero-order valence-corrected chi connectivity index (χ0v) is 17.0. The molecule has 28 heavy (non-hydrogen) atoms. The fraction of sp³-hybridized carbons (Fsp3) is 0.478. The Labute approximate surface area is 167 Å². The Morgan fingerprint density at radius 1 is 1.18 bits per heavy atom. The Bertz CT molecular complexity index is 890.